The molecule has 0 radical (unpaired) electrons. The molecule has 3 rings (SSSR count). The highest BCUT2D eigenvalue weighted by atomic mass is 31.3. The van der Waals surface area contributed by atoms with Crippen LogP contribution in [0.4, 0.5) is 5.82 Å². The van der Waals surface area contributed by atoms with Gasteiger partial charge in [-0.3, -0.25) is 9.32 Å². The van der Waals surface area contributed by atoms with Gasteiger partial charge in [-0.05, 0) is 26.0 Å². The van der Waals surface area contributed by atoms with Crippen LogP contribution in [0.3, 0.4) is 0 Å². The Morgan fingerprint density at radius 1 is 1.21 bits per heavy atom. The highest BCUT2D eigenvalue weighted by molar-refractivity contribution is 7.66. The zero-order valence-corrected chi connectivity index (χ0v) is 22.4. The second-order valence-corrected chi connectivity index (χ2v) is 12.9. The van der Waals surface area contributed by atoms with Crippen LogP contribution >= 0.6 is 23.5 Å². The maximum absolute atomic E-state index is 12.2. The summed E-state index contributed by atoms with van der Waals surface area (Å²) >= 11 is 0. The van der Waals surface area contributed by atoms with Crippen molar-refractivity contribution in [3.8, 4) is 6.07 Å². The molecule has 0 spiro atoms. The van der Waals surface area contributed by atoms with Crippen molar-refractivity contribution in [3.63, 3.8) is 0 Å². The number of nitriles is 1. The van der Waals surface area contributed by atoms with E-state index >= 15 is 0 Å². The fourth-order valence-corrected chi connectivity index (χ4v) is 6.39. The van der Waals surface area contributed by atoms with Crippen LogP contribution in [0.2, 0.25) is 0 Å². The zero-order valence-electron chi connectivity index (χ0n) is 19.7. The molecule has 0 aromatic carbocycles. The first kappa shape index (κ1) is 31.4. The van der Waals surface area contributed by atoms with Crippen molar-refractivity contribution in [2.45, 2.75) is 43.4 Å². The highest BCUT2D eigenvalue weighted by Crippen LogP contribution is 2.66. The lowest BCUT2D eigenvalue weighted by atomic mass is 9.92. The van der Waals surface area contributed by atoms with Crippen molar-refractivity contribution in [2.24, 2.45) is 0 Å². The summed E-state index contributed by atoms with van der Waals surface area (Å²) in [6.45, 7) is 1.29. The monoisotopic (exact) mass is 617 g/mol. The molecule has 216 valence electrons. The largest absolute Gasteiger partial charge is 0.490 e. The van der Waals surface area contributed by atoms with Gasteiger partial charge in [0, 0.05) is 0 Å². The van der Waals surface area contributed by atoms with Crippen molar-refractivity contribution in [1.82, 2.24) is 14.6 Å². The quantitative estimate of drug-likeness (QED) is 0.142. The van der Waals surface area contributed by atoms with E-state index in [9.17, 15) is 48.9 Å². The molecule has 2 unspecified atom stereocenters. The van der Waals surface area contributed by atoms with E-state index in [-0.39, 0.29) is 17.0 Å². The van der Waals surface area contributed by atoms with Crippen LogP contribution in [-0.2, 0) is 42.0 Å². The maximum atomic E-state index is 12.2. The summed E-state index contributed by atoms with van der Waals surface area (Å²) < 4.78 is 52.3. The van der Waals surface area contributed by atoms with E-state index in [0.717, 1.165) is 10.8 Å². The van der Waals surface area contributed by atoms with E-state index in [1.54, 1.807) is 6.07 Å². The number of nitrogens with zero attached hydrogens (tertiary/aromatic N) is 4. The molecule has 0 aliphatic carbocycles. The fourth-order valence-electron chi connectivity index (χ4n) is 3.36. The third-order valence-electron chi connectivity index (χ3n) is 5.06. The van der Waals surface area contributed by atoms with Gasteiger partial charge in [-0.2, -0.15) is 19.0 Å². The van der Waals surface area contributed by atoms with Crippen LogP contribution in [0.15, 0.2) is 18.5 Å². The lowest BCUT2D eigenvalue weighted by Crippen LogP contribution is -2.41. The van der Waals surface area contributed by atoms with E-state index < -0.39 is 65.5 Å². The van der Waals surface area contributed by atoms with Crippen molar-refractivity contribution in [3.05, 3.63) is 24.2 Å². The average Bonchev–Trinajstić information content (AvgIpc) is 3.30. The number of nitrogens with one attached hydrogen (secondary N) is 1. The molecule has 1 aliphatic rings. The summed E-state index contributed by atoms with van der Waals surface area (Å²) in [6.07, 6.45) is -4.81. The molecule has 1 aliphatic heterocycles. The number of hydrogen-bond donors (Lipinski definition) is 8. The number of amides is 1. The van der Waals surface area contributed by atoms with Crippen LogP contribution in [-0.4, -0.2) is 85.9 Å². The number of rotatable bonds is 10. The number of aliphatic hydroxyl groups excluding tert-OH is 2. The number of aromatic nitrogens is 3. The van der Waals surface area contributed by atoms with Gasteiger partial charge in [0.05, 0.1) is 12.3 Å². The fraction of sp³-hybridized carbons (Fsp3) is 0.500. The second-order valence-electron chi connectivity index (χ2n) is 8.46. The molecule has 2 aromatic rings. The van der Waals surface area contributed by atoms with Gasteiger partial charge in [-0.1, -0.05) is 0 Å². The Morgan fingerprint density at radius 3 is 2.41 bits per heavy atom. The van der Waals surface area contributed by atoms with Crippen LogP contribution in [0.1, 0.15) is 19.5 Å². The van der Waals surface area contributed by atoms with E-state index in [2.05, 4.69) is 28.5 Å². The summed E-state index contributed by atoms with van der Waals surface area (Å²) in [4.78, 5) is 52.1. The Morgan fingerprint density at radius 2 is 1.85 bits per heavy atom. The van der Waals surface area contributed by atoms with Gasteiger partial charge < -0.3 is 44.9 Å². The number of aliphatic hydroxyl groups is 3. The number of phosphoric acid groups is 3. The Bertz CT molecular complexity index is 1450. The molecular formula is C16H22N5O15P3. The lowest BCUT2D eigenvalue weighted by molar-refractivity contribution is -0.130. The minimum absolute atomic E-state index is 0.0710. The molecule has 6 atom stereocenters. The van der Waals surface area contributed by atoms with E-state index in [0.29, 0.717) is 0 Å². The van der Waals surface area contributed by atoms with Crippen LogP contribution in [0.25, 0.3) is 5.52 Å². The molecule has 1 fully saturated rings. The molecule has 3 heterocycles. The number of carbonyl (C=O) groups is 1. The van der Waals surface area contributed by atoms with E-state index in [1.807, 2.05) is 0 Å². The van der Waals surface area contributed by atoms with Crippen molar-refractivity contribution in [1.29, 1.82) is 5.26 Å². The molecule has 39 heavy (non-hydrogen) atoms. The Balaban J connectivity index is 1.86. The third kappa shape index (κ3) is 6.95. The SMILES string of the molecule is CC(C)(O)C(=O)Nc1ncnn2c([C@]3(C#N)O[C@H](COP(=O)(O)OP(=O)(O)OP(=O)(O)O)[C@@H](O)[C@H]3O)ccc12. The molecule has 20 nitrogen and oxygen atoms in total. The van der Waals surface area contributed by atoms with Gasteiger partial charge in [0.1, 0.15) is 41.8 Å². The average molecular weight is 617 g/mol. The Labute approximate surface area is 217 Å². The number of carbonyl (C=O) groups excluding carboxylic acids is 1. The van der Waals surface area contributed by atoms with Gasteiger partial charge in [-0.15, -0.1) is 0 Å². The minimum Gasteiger partial charge on any atom is -0.387 e. The summed E-state index contributed by atoms with van der Waals surface area (Å²) in [5, 5.41) is 47.3. The van der Waals surface area contributed by atoms with Crippen LogP contribution in [0.5, 0.6) is 0 Å². The molecule has 1 saturated heterocycles. The van der Waals surface area contributed by atoms with E-state index in [4.69, 9.17) is 14.5 Å². The number of anilines is 1. The zero-order chi connectivity index (χ0) is 29.6. The van der Waals surface area contributed by atoms with Gasteiger partial charge in [0.25, 0.3) is 5.91 Å². The summed E-state index contributed by atoms with van der Waals surface area (Å²) in [7, 11) is -17.1. The van der Waals surface area contributed by atoms with E-state index in [1.165, 1.54) is 26.0 Å². The number of fused-ring (bicyclic) bond motifs is 1. The predicted molar refractivity (Wildman–Crippen MR) is 122 cm³/mol. The van der Waals surface area contributed by atoms with Crippen molar-refractivity contribution < 1.29 is 71.3 Å². The first-order valence-electron chi connectivity index (χ1n) is 10.3. The van der Waals surface area contributed by atoms with Gasteiger partial charge in [-0.25, -0.2) is 23.2 Å². The van der Waals surface area contributed by atoms with Crippen LogP contribution < -0.4 is 5.32 Å². The summed E-state index contributed by atoms with van der Waals surface area (Å²) in [5.41, 5.74) is -4.31. The smallest absolute Gasteiger partial charge is 0.387 e. The summed E-state index contributed by atoms with van der Waals surface area (Å²) in [5.74, 6) is -0.936. The first-order valence-corrected chi connectivity index (χ1v) is 14.8. The minimum atomic E-state index is -5.82. The molecule has 1 amide bonds. The molecule has 0 saturated carbocycles. The predicted octanol–water partition coefficient (Wildman–Crippen LogP) is -1.38. The Hall–Kier alpha value is -2.17. The maximum Gasteiger partial charge on any atom is 0.490 e. The number of ether oxygens (including phenoxy) is 1. The molecule has 8 N–H and O–H groups in total. The second kappa shape index (κ2) is 10.7. The normalized spacial score (nSPS) is 27.0. The lowest BCUT2D eigenvalue weighted by Gasteiger charge is -2.24. The first-order chi connectivity index (χ1) is 17.7. The molecular weight excluding hydrogens is 595 g/mol. The summed E-state index contributed by atoms with van der Waals surface area (Å²) in [6, 6.07) is 4.22. The molecule has 0 bridgehead atoms. The van der Waals surface area contributed by atoms with Gasteiger partial charge in [0.15, 0.2) is 5.82 Å². The van der Waals surface area contributed by atoms with Crippen molar-refractivity contribution >= 4 is 40.7 Å². The number of phosphoric ester groups is 1. The van der Waals surface area contributed by atoms with Gasteiger partial charge in [0.2, 0.25) is 5.60 Å². The topological polar surface area (TPSA) is 313 Å². The third-order valence-corrected chi connectivity index (χ3v) is 8.86. The molecule has 2 aromatic heterocycles. The van der Waals surface area contributed by atoms with Crippen LogP contribution in [0, 0.1) is 11.3 Å². The highest BCUT2D eigenvalue weighted by Gasteiger charge is 2.58. The standard InChI is InChI=1S/C16H22N5O15P3/c1-15(2,25)14(24)20-13-8-3-4-10(21(8)19-7-18-13)16(6-17)12(23)11(22)9(34-16)5-33-38(29,30)36-39(31,32)35-37(26,27)28/h3-4,7,9,11-12,22-23,25H,5H2,1-2H3,(H,29,30)(H,31,32)(H2,26,27,28)(H,18,19,20,24)/t9-,11-,12-,16+/m1/s1. The van der Waals surface area contributed by atoms with Crippen molar-refractivity contribution in [2.75, 3.05) is 11.9 Å². The Kier molecular flexibility index (Phi) is 8.58. The van der Waals surface area contributed by atoms with Gasteiger partial charge >= 0.3 is 23.5 Å². The number of hydrogen-bond acceptors (Lipinski definition) is 14. The molecule has 23 heteroatoms.